The van der Waals surface area contributed by atoms with Crippen molar-refractivity contribution in [3.63, 3.8) is 0 Å². The minimum Gasteiger partial charge on any atom is -0.379 e. The van der Waals surface area contributed by atoms with Gasteiger partial charge in [0, 0.05) is 19.1 Å². The molecule has 2 rings (SSSR count). The molecular weight excluding hydrogens is 297 g/mol. The average molecular weight is 316 g/mol. The zero-order valence-corrected chi connectivity index (χ0v) is 11.8. The van der Waals surface area contributed by atoms with Crippen molar-refractivity contribution in [3.05, 3.63) is 0 Å². The lowest BCUT2D eigenvalue weighted by Gasteiger charge is -2.33. The quantitative estimate of drug-likeness (QED) is 0.853. The molecule has 0 amide bonds. The molecule has 1 aliphatic carbocycles. The molecule has 2 aliphatic rings. The Labute approximate surface area is 116 Å². The van der Waals surface area contributed by atoms with Gasteiger partial charge in [-0.1, -0.05) is 6.42 Å². The number of nitrogens with one attached hydrogen (secondary N) is 1. The minimum atomic E-state index is -4.25. The van der Waals surface area contributed by atoms with Crippen molar-refractivity contribution in [3.8, 4) is 0 Å². The van der Waals surface area contributed by atoms with Crippen LogP contribution in [0.1, 0.15) is 25.7 Å². The van der Waals surface area contributed by atoms with Crippen LogP contribution in [0.3, 0.4) is 0 Å². The fraction of sp³-hybridized carbons (Fsp3) is 1.00. The summed E-state index contributed by atoms with van der Waals surface area (Å²) in [5.41, 5.74) is 0. The van der Waals surface area contributed by atoms with Crippen LogP contribution in [0.4, 0.5) is 13.2 Å². The molecule has 0 spiro atoms. The van der Waals surface area contributed by atoms with Gasteiger partial charge in [0.25, 0.3) is 10.2 Å². The Balaban J connectivity index is 1.94. The smallest absolute Gasteiger partial charge is 0.379 e. The SMILES string of the molecule is O=S(=O)(N[C@@H]1CCC[C@@H](C(F)(F)F)C1)N1CCOCC1. The topological polar surface area (TPSA) is 58.6 Å². The minimum absolute atomic E-state index is 0.0826. The van der Waals surface area contributed by atoms with E-state index in [1.165, 1.54) is 4.31 Å². The molecule has 0 aromatic rings. The van der Waals surface area contributed by atoms with E-state index >= 15 is 0 Å². The molecule has 1 saturated heterocycles. The van der Waals surface area contributed by atoms with E-state index in [4.69, 9.17) is 4.74 Å². The zero-order chi connectivity index (χ0) is 14.8. The van der Waals surface area contributed by atoms with Crippen LogP contribution in [0.15, 0.2) is 0 Å². The fourth-order valence-electron chi connectivity index (χ4n) is 2.67. The van der Waals surface area contributed by atoms with Crippen molar-refractivity contribution in [2.24, 2.45) is 5.92 Å². The number of ether oxygens (including phenoxy) is 1. The van der Waals surface area contributed by atoms with E-state index in [9.17, 15) is 21.6 Å². The summed E-state index contributed by atoms with van der Waals surface area (Å²) in [6.07, 6.45) is -3.49. The van der Waals surface area contributed by atoms with Gasteiger partial charge in [0.05, 0.1) is 19.1 Å². The highest BCUT2D eigenvalue weighted by atomic mass is 32.2. The number of rotatable bonds is 3. The maximum Gasteiger partial charge on any atom is 0.391 e. The molecule has 0 aromatic heterocycles. The lowest BCUT2D eigenvalue weighted by atomic mass is 9.86. The van der Waals surface area contributed by atoms with Crippen molar-refractivity contribution in [1.29, 1.82) is 0 Å². The van der Waals surface area contributed by atoms with Gasteiger partial charge in [0.1, 0.15) is 0 Å². The molecule has 1 N–H and O–H groups in total. The van der Waals surface area contributed by atoms with E-state index in [1.54, 1.807) is 0 Å². The summed E-state index contributed by atoms with van der Waals surface area (Å²) in [5.74, 6) is -1.41. The van der Waals surface area contributed by atoms with E-state index in [0.717, 1.165) is 0 Å². The van der Waals surface area contributed by atoms with Crippen LogP contribution in [-0.2, 0) is 14.9 Å². The molecule has 0 radical (unpaired) electrons. The second kappa shape index (κ2) is 6.17. The van der Waals surface area contributed by atoms with Crippen LogP contribution >= 0.6 is 0 Å². The van der Waals surface area contributed by atoms with Gasteiger partial charge in [0.2, 0.25) is 0 Å². The van der Waals surface area contributed by atoms with Crippen LogP contribution in [0.5, 0.6) is 0 Å². The summed E-state index contributed by atoms with van der Waals surface area (Å²) in [5, 5.41) is 0. The van der Waals surface area contributed by atoms with Crippen molar-refractivity contribution in [1.82, 2.24) is 9.03 Å². The molecule has 20 heavy (non-hydrogen) atoms. The Morgan fingerprint density at radius 1 is 1.15 bits per heavy atom. The summed E-state index contributed by atoms with van der Waals surface area (Å²) < 4.78 is 71.0. The van der Waals surface area contributed by atoms with E-state index < -0.39 is 28.3 Å². The second-order valence-electron chi connectivity index (χ2n) is 5.24. The standard InChI is InChI=1S/C11H19F3N2O3S/c12-11(13,14)9-2-1-3-10(8-9)15-20(17,18)16-4-6-19-7-5-16/h9-10,15H,1-8H2/t9-,10-/m1/s1. The molecule has 1 heterocycles. The van der Waals surface area contributed by atoms with E-state index in [0.29, 0.717) is 26.1 Å². The Hall–Kier alpha value is -0.380. The Bertz CT molecular complexity index is 421. The maximum atomic E-state index is 12.7. The summed E-state index contributed by atoms with van der Waals surface area (Å²) in [6.45, 7) is 1.11. The summed E-state index contributed by atoms with van der Waals surface area (Å²) >= 11 is 0. The molecule has 2 fully saturated rings. The third kappa shape index (κ3) is 4.06. The van der Waals surface area contributed by atoms with Crippen molar-refractivity contribution in [2.75, 3.05) is 26.3 Å². The highest BCUT2D eigenvalue weighted by Gasteiger charge is 2.43. The molecule has 0 bridgehead atoms. The van der Waals surface area contributed by atoms with Crippen molar-refractivity contribution in [2.45, 2.75) is 37.9 Å². The van der Waals surface area contributed by atoms with Crippen molar-refractivity contribution < 1.29 is 26.3 Å². The lowest BCUT2D eigenvalue weighted by molar-refractivity contribution is -0.183. The highest BCUT2D eigenvalue weighted by molar-refractivity contribution is 7.87. The van der Waals surface area contributed by atoms with Gasteiger partial charge in [-0.2, -0.15) is 30.6 Å². The third-order valence-electron chi connectivity index (χ3n) is 3.76. The molecule has 0 unspecified atom stereocenters. The van der Waals surface area contributed by atoms with E-state index in [-0.39, 0.29) is 25.9 Å². The first-order valence-corrected chi connectivity index (χ1v) is 8.15. The van der Waals surface area contributed by atoms with Crippen LogP contribution in [0.25, 0.3) is 0 Å². The number of halogens is 3. The molecule has 5 nitrogen and oxygen atoms in total. The fourth-order valence-corrected chi connectivity index (χ4v) is 4.08. The van der Waals surface area contributed by atoms with E-state index in [2.05, 4.69) is 4.72 Å². The second-order valence-corrected chi connectivity index (χ2v) is 6.94. The van der Waals surface area contributed by atoms with Gasteiger partial charge < -0.3 is 4.74 Å². The predicted molar refractivity (Wildman–Crippen MR) is 66.2 cm³/mol. The lowest BCUT2D eigenvalue weighted by Crippen LogP contribution is -2.51. The Morgan fingerprint density at radius 3 is 2.40 bits per heavy atom. The number of hydrogen-bond donors (Lipinski definition) is 1. The highest BCUT2D eigenvalue weighted by Crippen LogP contribution is 2.37. The van der Waals surface area contributed by atoms with Gasteiger partial charge in [-0.25, -0.2) is 0 Å². The van der Waals surface area contributed by atoms with Crippen LogP contribution in [0.2, 0.25) is 0 Å². The molecule has 1 aliphatic heterocycles. The number of alkyl halides is 3. The summed E-state index contributed by atoms with van der Waals surface area (Å²) in [6, 6.07) is -0.636. The zero-order valence-electron chi connectivity index (χ0n) is 11.0. The first-order valence-electron chi connectivity index (χ1n) is 6.71. The Morgan fingerprint density at radius 2 is 1.80 bits per heavy atom. The number of hydrogen-bond acceptors (Lipinski definition) is 3. The molecular formula is C11H19F3N2O3S. The summed E-state index contributed by atoms with van der Waals surface area (Å²) in [4.78, 5) is 0. The molecule has 0 aromatic carbocycles. The van der Waals surface area contributed by atoms with Crippen LogP contribution in [-0.4, -0.2) is 51.2 Å². The van der Waals surface area contributed by atoms with Gasteiger partial charge in [-0.15, -0.1) is 0 Å². The molecule has 9 heteroatoms. The Kier molecular flexibility index (Phi) is 4.93. The molecule has 118 valence electrons. The van der Waals surface area contributed by atoms with Gasteiger partial charge in [-0.3, -0.25) is 0 Å². The number of morpholine rings is 1. The van der Waals surface area contributed by atoms with Crippen LogP contribution < -0.4 is 4.72 Å². The van der Waals surface area contributed by atoms with E-state index in [1.807, 2.05) is 0 Å². The third-order valence-corrected chi connectivity index (χ3v) is 5.44. The maximum absolute atomic E-state index is 12.7. The first-order chi connectivity index (χ1) is 9.29. The largest absolute Gasteiger partial charge is 0.391 e. The monoisotopic (exact) mass is 316 g/mol. The number of nitrogens with zero attached hydrogens (tertiary/aromatic N) is 1. The summed E-state index contributed by atoms with van der Waals surface area (Å²) in [7, 11) is -3.72. The van der Waals surface area contributed by atoms with Gasteiger partial charge in [0.15, 0.2) is 0 Å². The molecule has 1 saturated carbocycles. The van der Waals surface area contributed by atoms with Gasteiger partial charge in [-0.05, 0) is 19.3 Å². The average Bonchev–Trinajstić information content (AvgIpc) is 2.38. The van der Waals surface area contributed by atoms with Crippen LogP contribution in [0, 0.1) is 5.92 Å². The predicted octanol–water partition coefficient (Wildman–Crippen LogP) is 1.27. The van der Waals surface area contributed by atoms with Crippen molar-refractivity contribution >= 4 is 10.2 Å². The van der Waals surface area contributed by atoms with Gasteiger partial charge >= 0.3 is 6.18 Å². The first kappa shape index (κ1) is 16.0. The normalized spacial score (nSPS) is 30.4. The molecule has 2 atom stereocenters.